The molecule has 0 fully saturated rings. The number of benzene rings is 1. The van der Waals surface area contributed by atoms with Crippen LogP contribution in [0.3, 0.4) is 0 Å². The van der Waals surface area contributed by atoms with Crippen LogP contribution in [0.5, 0.6) is 0 Å². The van der Waals surface area contributed by atoms with Crippen LogP contribution in [-0.4, -0.2) is 6.16 Å². The molecule has 0 bridgehead atoms. The third-order valence-electron chi connectivity index (χ3n) is 1.26. The molecule has 1 aromatic rings. The maximum absolute atomic E-state index is 10.0. The Kier molecular flexibility index (Phi) is 7.30. The van der Waals surface area contributed by atoms with E-state index in [-0.39, 0.29) is 51.4 Å². The Morgan fingerprint density at radius 2 is 1.92 bits per heavy atom. The van der Waals surface area contributed by atoms with Crippen molar-refractivity contribution in [2.45, 2.75) is 5.01 Å². The molecule has 1 rings (SSSR count). The number of ether oxygens (including phenoxy) is 1. The Labute approximate surface area is 127 Å². The van der Waals surface area contributed by atoms with Gasteiger partial charge in [-0.3, -0.25) is 0 Å². The van der Waals surface area contributed by atoms with Crippen LogP contribution < -0.4 is 56.5 Å². The van der Waals surface area contributed by atoms with Crippen molar-refractivity contribution >= 4 is 22.1 Å². The van der Waals surface area contributed by atoms with Gasteiger partial charge in [-0.1, -0.05) is 46.3 Å². The van der Waals surface area contributed by atoms with Gasteiger partial charge in [-0.15, -0.1) is 0 Å². The van der Waals surface area contributed by atoms with Gasteiger partial charge in [0.05, 0.1) is 0 Å². The first-order chi connectivity index (χ1) is 5.70. The van der Waals surface area contributed by atoms with Crippen LogP contribution in [0.4, 0.5) is 4.79 Å². The number of hydrogen-bond donors (Lipinski definition) is 0. The van der Waals surface area contributed by atoms with Gasteiger partial charge in [0.1, 0.15) is 5.01 Å². The summed E-state index contributed by atoms with van der Waals surface area (Å²) in [5.41, 5.74) is 0.738. The molecule has 0 aliphatic rings. The first-order valence-corrected chi connectivity index (χ1v) is 4.18. The van der Waals surface area contributed by atoms with Crippen LogP contribution >= 0.6 is 15.9 Å². The zero-order chi connectivity index (χ0) is 8.97. The van der Waals surface area contributed by atoms with Gasteiger partial charge in [-0.25, -0.2) is 0 Å². The molecular formula is C8H6BrKO3. The van der Waals surface area contributed by atoms with Crippen LogP contribution in [0.25, 0.3) is 0 Å². The number of hydrogen-bond acceptors (Lipinski definition) is 3. The minimum absolute atomic E-state index is 0. The summed E-state index contributed by atoms with van der Waals surface area (Å²) in [5, 5.41) is 9.37. The van der Waals surface area contributed by atoms with Crippen molar-refractivity contribution in [2.75, 3.05) is 0 Å². The minimum Gasteiger partial charge on any atom is -0.530 e. The van der Waals surface area contributed by atoms with E-state index in [0.717, 1.165) is 5.56 Å². The van der Waals surface area contributed by atoms with Crippen LogP contribution in [0, 0.1) is 0 Å². The van der Waals surface area contributed by atoms with Gasteiger partial charge in [0.15, 0.2) is 0 Å². The molecule has 0 heterocycles. The summed E-state index contributed by atoms with van der Waals surface area (Å²) in [6.07, 6.45) is -1.54. The SMILES string of the molecule is O=C([O-])OC(Br)c1ccccc1.[K+]. The van der Waals surface area contributed by atoms with Gasteiger partial charge >= 0.3 is 51.4 Å². The molecule has 64 valence electrons. The molecule has 3 nitrogen and oxygen atoms in total. The molecule has 0 aliphatic carbocycles. The van der Waals surface area contributed by atoms with Gasteiger partial charge in [-0.05, 0) is 5.56 Å². The van der Waals surface area contributed by atoms with E-state index in [1.165, 1.54) is 0 Å². The topological polar surface area (TPSA) is 49.4 Å². The standard InChI is InChI=1S/C8H7BrO3.K/c9-7(12-8(10)11)6-4-2-1-3-5-6;/h1-5,7H,(H,10,11);/q;+1/p-1. The van der Waals surface area contributed by atoms with Crippen molar-refractivity contribution in [3.05, 3.63) is 35.9 Å². The second-order valence-corrected chi connectivity index (χ2v) is 2.93. The minimum atomic E-state index is -1.54. The third kappa shape index (κ3) is 5.14. The summed E-state index contributed by atoms with van der Waals surface area (Å²) in [5.74, 6) is 0. The third-order valence-corrected chi connectivity index (χ3v) is 1.98. The molecule has 0 spiro atoms. The molecule has 0 aromatic heterocycles. The smallest absolute Gasteiger partial charge is 0.530 e. The summed E-state index contributed by atoms with van der Waals surface area (Å²) >= 11 is 3.04. The molecule has 0 saturated heterocycles. The fourth-order valence-electron chi connectivity index (χ4n) is 0.757. The van der Waals surface area contributed by atoms with Crippen molar-refractivity contribution < 1.29 is 66.0 Å². The van der Waals surface area contributed by atoms with E-state index in [0.29, 0.717) is 0 Å². The largest absolute Gasteiger partial charge is 1.00 e. The van der Waals surface area contributed by atoms with E-state index in [1.54, 1.807) is 24.3 Å². The van der Waals surface area contributed by atoms with Crippen LogP contribution in [0.1, 0.15) is 10.6 Å². The predicted octanol–water partition coefficient (Wildman–Crippen LogP) is -1.56. The maximum Gasteiger partial charge on any atom is 1.00 e. The first kappa shape index (κ1) is 13.6. The van der Waals surface area contributed by atoms with E-state index >= 15 is 0 Å². The van der Waals surface area contributed by atoms with E-state index in [2.05, 4.69) is 20.7 Å². The number of carboxylic acid groups (broad SMARTS) is 1. The number of halogens is 1. The van der Waals surface area contributed by atoms with E-state index in [1.807, 2.05) is 6.07 Å². The molecular weight excluding hydrogens is 263 g/mol. The normalized spacial score (nSPS) is 11.2. The Morgan fingerprint density at radius 1 is 1.38 bits per heavy atom. The van der Waals surface area contributed by atoms with Crippen molar-refractivity contribution in [1.29, 1.82) is 0 Å². The molecule has 0 N–H and O–H groups in total. The summed E-state index contributed by atoms with van der Waals surface area (Å²) in [6.45, 7) is 0. The molecule has 1 unspecified atom stereocenters. The molecule has 5 heteroatoms. The van der Waals surface area contributed by atoms with Crippen molar-refractivity contribution in [3.63, 3.8) is 0 Å². The van der Waals surface area contributed by atoms with Gasteiger partial charge in [0, 0.05) is 0 Å². The fraction of sp³-hybridized carbons (Fsp3) is 0.125. The zero-order valence-electron chi connectivity index (χ0n) is 7.07. The molecule has 0 amide bonds. The molecule has 0 saturated carbocycles. The molecule has 0 aliphatic heterocycles. The van der Waals surface area contributed by atoms with Gasteiger partial charge in [0.2, 0.25) is 0 Å². The van der Waals surface area contributed by atoms with Crippen molar-refractivity contribution in [2.24, 2.45) is 0 Å². The van der Waals surface area contributed by atoms with Gasteiger partial charge in [-0.2, -0.15) is 0 Å². The summed E-state index contributed by atoms with van der Waals surface area (Å²) < 4.78 is 4.36. The van der Waals surface area contributed by atoms with Gasteiger partial charge < -0.3 is 14.6 Å². The van der Waals surface area contributed by atoms with Crippen molar-refractivity contribution in [3.8, 4) is 0 Å². The second kappa shape index (κ2) is 6.97. The monoisotopic (exact) mass is 268 g/mol. The van der Waals surface area contributed by atoms with Gasteiger partial charge in [0.25, 0.3) is 6.16 Å². The second-order valence-electron chi connectivity index (χ2n) is 2.09. The maximum atomic E-state index is 10.0. The molecule has 0 radical (unpaired) electrons. The van der Waals surface area contributed by atoms with E-state index in [4.69, 9.17) is 0 Å². The Bertz CT molecular complexity index is 265. The Morgan fingerprint density at radius 3 is 2.38 bits per heavy atom. The first-order valence-electron chi connectivity index (χ1n) is 3.27. The van der Waals surface area contributed by atoms with E-state index < -0.39 is 11.2 Å². The number of alkyl halides is 1. The zero-order valence-corrected chi connectivity index (χ0v) is 11.8. The fourth-order valence-corrected chi connectivity index (χ4v) is 1.21. The van der Waals surface area contributed by atoms with Crippen LogP contribution in [0.2, 0.25) is 0 Å². The molecule has 13 heavy (non-hydrogen) atoms. The number of rotatable bonds is 2. The Balaban J connectivity index is 0.00000144. The summed E-state index contributed by atoms with van der Waals surface area (Å²) in [7, 11) is 0. The summed E-state index contributed by atoms with van der Waals surface area (Å²) in [6, 6.07) is 8.93. The molecule has 1 aromatic carbocycles. The number of carbonyl (C=O) groups excluding carboxylic acids is 1. The molecule has 1 atom stereocenters. The summed E-state index contributed by atoms with van der Waals surface area (Å²) in [4.78, 5) is 10.0. The average molecular weight is 269 g/mol. The predicted molar refractivity (Wildman–Crippen MR) is 44.6 cm³/mol. The Hall–Kier alpha value is 0.606. The quantitative estimate of drug-likeness (QED) is 0.371. The average Bonchev–Trinajstić information content (AvgIpc) is 2.05. The number of carbonyl (C=O) groups is 1. The van der Waals surface area contributed by atoms with Crippen LogP contribution in [0.15, 0.2) is 30.3 Å². The van der Waals surface area contributed by atoms with Crippen LogP contribution in [-0.2, 0) is 4.74 Å². The van der Waals surface area contributed by atoms with E-state index in [9.17, 15) is 9.90 Å². The van der Waals surface area contributed by atoms with Crippen molar-refractivity contribution in [1.82, 2.24) is 0 Å².